The van der Waals surface area contributed by atoms with Crippen molar-refractivity contribution >= 4 is 51.4 Å². The van der Waals surface area contributed by atoms with E-state index in [9.17, 15) is 0 Å². The van der Waals surface area contributed by atoms with Crippen LogP contribution in [0, 0.1) is 10.8 Å². The summed E-state index contributed by atoms with van der Waals surface area (Å²) in [6.45, 7) is 20.6. The Balaban J connectivity index is 0. The van der Waals surface area contributed by atoms with E-state index in [4.69, 9.17) is 0 Å². The molecule has 0 bridgehead atoms. The molecule has 0 saturated heterocycles. The molecule has 0 heterocycles. The van der Waals surface area contributed by atoms with Gasteiger partial charge < -0.3 is 4.90 Å². The van der Waals surface area contributed by atoms with Crippen molar-refractivity contribution < 1.29 is 0 Å². The molecule has 0 aliphatic heterocycles. The first-order valence-corrected chi connectivity index (χ1v) is 17.4. The smallest absolute Gasteiger partial charge is 0 e. The van der Waals surface area contributed by atoms with Gasteiger partial charge in [-0.2, -0.15) is 0 Å². The molecule has 0 atom stereocenters. The third kappa shape index (κ3) is 35.6. The molecular weight excluding hydrogens is 486 g/mol. The molecule has 0 spiro atoms. The normalized spacial score (nSPS) is 12.3. The van der Waals surface area contributed by atoms with Crippen molar-refractivity contribution in [3.63, 3.8) is 0 Å². The minimum Gasteiger partial charge on any atom is -0.303 e. The van der Waals surface area contributed by atoms with Crippen LogP contribution in [-0.4, -0.2) is 75.9 Å². The Morgan fingerprint density at radius 1 is 0.342 bits per heavy atom. The van der Waals surface area contributed by atoms with Gasteiger partial charge in [-0.25, -0.2) is 0 Å². The summed E-state index contributed by atoms with van der Waals surface area (Å²) >= 11 is 0. The SMILES string of the molecule is CCCCCCCCCCN(CCCCCCCCCC(C)(C)C)CCCCCCCCCC(C)(C)C.[K]. The quantitative estimate of drug-likeness (QED) is 0.0713. The van der Waals surface area contributed by atoms with Crippen molar-refractivity contribution in [1.29, 1.82) is 0 Å². The summed E-state index contributed by atoms with van der Waals surface area (Å²) < 4.78 is 0. The molecule has 0 fully saturated rings. The number of unbranched alkanes of at least 4 members (excludes halogenated alkanes) is 19. The summed E-state index contributed by atoms with van der Waals surface area (Å²) in [5.41, 5.74) is 1.04. The van der Waals surface area contributed by atoms with Gasteiger partial charge in [-0.3, -0.25) is 0 Å². The van der Waals surface area contributed by atoms with E-state index in [1.807, 2.05) is 0 Å². The van der Waals surface area contributed by atoms with E-state index >= 15 is 0 Å². The average molecular weight is 561 g/mol. The van der Waals surface area contributed by atoms with E-state index in [1.54, 1.807) is 0 Å². The first-order chi connectivity index (χ1) is 17.6. The van der Waals surface area contributed by atoms with Crippen LogP contribution in [0.4, 0.5) is 0 Å². The first kappa shape index (κ1) is 41.7. The molecule has 0 aliphatic rings. The van der Waals surface area contributed by atoms with Crippen molar-refractivity contribution in [2.75, 3.05) is 19.6 Å². The van der Waals surface area contributed by atoms with Gasteiger partial charge in [0.25, 0.3) is 0 Å². The average Bonchev–Trinajstić information content (AvgIpc) is 2.81. The van der Waals surface area contributed by atoms with Crippen LogP contribution in [0.3, 0.4) is 0 Å². The van der Waals surface area contributed by atoms with E-state index < -0.39 is 0 Å². The molecule has 0 unspecified atom stereocenters. The van der Waals surface area contributed by atoms with Crippen molar-refractivity contribution in [1.82, 2.24) is 4.90 Å². The summed E-state index contributed by atoms with van der Waals surface area (Å²) in [6.07, 6.45) is 34.5. The van der Waals surface area contributed by atoms with Crippen molar-refractivity contribution in [3.8, 4) is 0 Å². The van der Waals surface area contributed by atoms with E-state index in [2.05, 4.69) is 53.4 Å². The summed E-state index contributed by atoms with van der Waals surface area (Å²) in [4.78, 5) is 2.84. The second-order valence-corrected chi connectivity index (χ2v) is 14.9. The number of rotatable bonds is 27. The third-order valence-electron chi connectivity index (χ3n) is 8.13. The minimum atomic E-state index is 0. The fraction of sp³-hybridized carbons (Fsp3) is 1.00. The van der Waals surface area contributed by atoms with Crippen LogP contribution in [-0.2, 0) is 0 Å². The van der Waals surface area contributed by atoms with E-state index in [-0.39, 0.29) is 51.4 Å². The van der Waals surface area contributed by atoms with E-state index in [1.165, 1.54) is 174 Å². The standard InChI is InChI=1S/C36H75N.K/c1-8-9-10-11-12-17-22-27-32-37(33-28-23-18-13-15-20-25-30-35(2,3)4)34-29-24-19-14-16-21-26-31-36(5,6)7;/h8-34H2,1-7H3;. The molecule has 0 amide bonds. The molecule has 1 nitrogen and oxygen atoms in total. The van der Waals surface area contributed by atoms with Gasteiger partial charge in [-0.15, -0.1) is 0 Å². The Labute approximate surface area is 286 Å². The predicted octanol–water partition coefficient (Wildman–Crippen LogP) is 12.4. The molecule has 38 heavy (non-hydrogen) atoms. The van der Waals surface area contributed by atoms with Crippen LogP contribution in [0.25, 0.3) is 0 Å². The molecule has 0 aromatic rings. The Kier molecular flexibility index (Phi) is 31.5. The van der Waals surface area contributed by atoms with Gasteiger partial charge in [0.1, 0.15) is 0 Å². The van der Waals surface area contributed by atoms with Gasteiger partial charge in [-0.1, -0.05) is 170 Å². The number of hydrogen-bond acceptors (Lipinski definition) is 1. The second kappa shape index (κ2) is 28.7. The van der Waals surface area contributed by atoms with Gasteiger partial charge in [0, 0.05) is 51.4 Å². The zero-order chi connectivity index (χ0) is 27.7. The Hall–Kier alpha value is 1.60. The molecule has 0 rings (SSSR count). The maximum absolute atomic E-state index is 2.84. The van der Waals surface area contributed by atoms with Crippen molar-refractivity contribution in [3.05, 3.63) is 0 Å². The topological polar surface area (TPSA) is 3.24 Å². The van der Waals surface area contributed by atoms with Gasteiger partial charge in [0.05, 0.1) is 0 Å². The molecule has 0 aliphatic carbocycles. The van der Waals surface area contributed by atoms with E-state index in [0.717, 1.165) is 0 Å². The van der Waals surface area contributed by atoms with Gasteiger partial charge in [-0.05, 0) is 62.6 Å². The van der Waals surface area contributed by atoms with Crippen LogP contribution in [0.5, 0.6) is 0 Å². The molecular formula is C36H75KN. The Bertz CT molecular complexity index is 415. The number of hydrogen-bond donors (Lipinski definition) is 0. The molecule has 0 aromatic heterocycles. The molecule has 0 aromatic carbocycles. The molecule has 2 heteroatoms. The largest absolute Gasteiger partial charge is 0.303 e. The molecule has 0 N–H and O–H groups in total. The minimum absolute atomic E-state index is 0. The van der Waals surface area contributed by atoms with Crippen LogP contribution in [0.15, 0.2) is 0 Å². The zero-order valence-corrected chi connectivity index (χ0v) is 31.7. The summed E-state index contributed by atoms with van der Waals surface area (Å²) in [6, 6.07) is 0. The first-order valence-electron chi connectivity index (χ1n) is 17.4. The molecule has 0 saturated carbocycles. The molecule has 1 radical (unpaired) electrons. The fourth-order valence-corrected chi connectivity index (χ4v) is 5.55. The molecule has 225 valence electrons. The maximum Gasteiger partial charge on any atom is 0 e. The summed E-state index contributed by atoms with van der Waals surface area (Å²) in [5.74, 6) is 0. The van der Waals surface area contributed by atoms with Crippen LogP contribution >= 0.6 is 0 Å². The predicted molar refractivity (Wildman–Crippen MR) is 178 cm³/mol. The summed E-state index contributed by atoms with van der Waals surface area (Å²) in [5, 5.41) is 0. The van der Waals surface area contributed by atoms with Crippen molar-refractivity contribution in [2.45, 2.75) is 203 Å². The summed E-state index contributed by atoms with van der Waals surface area (Å²) in [7, 11) is 0. The van der Waals surface area contributed by atoms with Crippen LogP contribution in [0.2, 0.25) is 0 Å². The zero-order valence-electron chi connectivity index (χ0n) is 28.5. The maximum atomic E-state index is 2.84. The van der Waals surface area contributed by atoms with Gasteiger partial charge in [0.15, 0.2) is 0 Å². The Morgan fingerprint density at radius 2 is 0.579 bits per heavy atom. The van der Waals surface area contributed by atoms with Crippen LogP contribution < -0.4 is 0 Å². The van der Waals surface area contributed by atoms with E-state index in [0.29, 0.717) is 10.8 Å². The van der Waals surface area contributed by atoms with Crippen molar-refractivity contribution in [2.24, 2.45) is 10.8 Å². The Morgan fingerprint density at radius 3 is 0.842 bits per heavy atom. The monoisotopic (exact) mass is 561 g/mol. The second-order valence-electron chi connectivity index (χ2n) is 14.9. The fourth-order valence-electron chi connectivity index (χ4n) is 5.55. The number of nitrogens with zero attached hydrogens (tertiary/aromatic N) is 1. The van der Waals surface area contributed by atoms with Gasteiger partial charge in [0.2, 0.25) is 0 Å². The van der Waals surface area contributed by atoms with Crippen LogP contribution in [0.1, 0.15) is 203 Å². The third-order valence-corrected chi connectivity index (χ3v) is 8.13. The van der Waals surface area contributed by atoms with Gasteiger partial charge >= 0.3 is 0 Å².